The van der Waals surface area contributed by atoms with Crippen molar-refractivity contribution in [1.82, 2.24) is 4.90 Å². The average Bonchev–Trinajstić information content (AvgIpc) is 2.96. The monoisotopic (exact) mass is 316 g/mol. The highest BCUT2D eigenvalue weighted by atomic mass is 35.5. The molecule has 2 aliphatic heterocycles. The molecule has 0 aromatic carbocycles. The van der Waals surface area contributed by atoms with E-state index in [9.17, 15) is 4.79 Å². The van der Waals surface area contributed by atoms with Crippen molar-refractivity contribution in [2.75, 3.05) is 19.6 Å². The zero-order valence-electron chi connectivity index (χ0n) is 12.9. The maximum Gasteiger partial charge on any atom is 0.251 e. The Bertz CT molecular complexity index is 353. The lowest BCUT2D eigenvalue weighted by Gasteiger charge is -2.45. The van der Waals surface area contributed by atoms with Gasteiger partial charge in [-0.3, -0.25) is 4.79 Å². The molecule has 5 heteroatoms. The first-order valence-corrected chi connectivity index (χ1v) is 8.37. The van der Waals surface area contributed by atoms with Gasteiger partial charge >= 0.3 is 0 Å². The molecular weight excluding hydrogens is 288 g/mol. The van der Waals surface area contributed by atoms with Crippen LogP contribution < -0.4 is 5.73 Å². The van der Waals surface area contributed by atoms with Crippen molar-refractivity contribution in [3.8, 4) is 0 Å². The van der Waals surface area contributed by atoms with E-state index in [4.69, 9.17) is 10.5 Å². The Balaban J connectivity index is 0.00000161. The topological polar surface area (TPSA) is 55.6 Å². The van der Waals surface area contributed by atoms with Crippen LogP contribution in [0.4, 0.5) is 0 Å². The zero-order valence-corrected chi connectivity index (χ0v) is 13.7. The Hall–Kier alpha value is -0.320. The number of likely N-dealkylation sites (tertiary alicyclic amines) is 1. The van der Waals surface area contributed by atoms with Crippen LogP contribution in [0, 0.1) is 5.41 Å². The minimum Gasteiger partial charge on any atom is -0.364 e. The summed E-state index contributed by atoms with van der Waals surface area (Å²) in [6.07, 6.45) is 10.8. The van der Waals surface area contributed by atoms with Crippen molar-refractivity contribution in [3.05, 3.63) is 0 Å². The molecular formula is C16H29ClN2O2. The number of hydrogen-bond acceptors (Lipinski definition) is 3. The first kappa shape index (κ1) is 17.0. The Morgan fingerprint density at radius 1 is 1.14 bits per heavy atom. The third-order valence-corrected chi connectivity index (χ3v) is 5.53. The molecule has 2 saturated heterocycles. The molecule has 0 unspecified atom stereocenters. The maximum absolute atomic E-state index is 12.6. The van der Waals surface area contributed by atoms with Crippen LogP contribution in [0.25, 0.3) is 0 Å². The van der Waals surface area contributed by atoms with Gasteiger partial charge in [0, 0.05) is 19.6 Å². The highest BCUT2D eigenvalue weighted by Crippen LogP contribution is 2.43. The average molecular weight is 317 g/mol. The molecule has 2 heterocycles. The molecule has 3 rings (SSSR count). The van der Waals surface area contributed by atoms with E-state index in [0.29, 0.717) is 12.0 Å². The van der Waals surface area contributed by atoms with Crippen LogP contribution in [0.2, 0.25) is 0 Å². The van der Waals surface area contributed by atoms with E-state index in [1.54, 1.807) is 0 Å². The SMILES string of the molecule is Cl.NC[C@H]1CC[C@@H](C(=O)N2CCCC3(CCCCC3)C2)O1. The molecule has 1 spiro atoms. The number of nitrogens with zero attached hydrogens (tertiary/aromatic N) is 1. The van der Waals surface area contributed by atoms with Gasteiger partial charge < -0.3 is 15.4 Å². The number of hydrogen-bond donors (Lipinski definition) is 1. The molecule has 2 atom stereocenters. The minimum absolute atomic E-state index is 0. The molecule has 3 aliphatic rings. The Kier molecular flexibility index (Phi) is 5.92. The van der Waals surface area contributed by atoms with Gasteiger partial charge in [0.15, 0.2) is 0 Å². The second kappa shape index (κ2) is 7.30. The normalized spacial score (nSPS) is 32.0. The lowest BCUT2D eigenvalue weighted by atomic mass is 9.69. The second-order valence-corrected chi connectivity index (χ2v) is 6.98. The van der Waals surface area contributed by atoms with Crippen molar-refractivity contribution >= 4 is 18.3 Å². The van der Waals surface area contributed by atoms with Crippen molar-refractivity contribution in [3.63, 3.8) is 0 Å². The molecule has 1 amide bonds. The summed E-state index contributed by atoms with van der Waals surface area (Å²) in [5.74, 6) is 0.227. The summed E-state index contributed by atoms with van der Waals surface area (Å²) in [4.78, 5) is 14.7. The smallest absolute Gasteiger partial charge is 0.251 e. The second-order valence-electron chi connectivity index (χ2n) is 6.98. The van der Waals surface area contributed by atoms with Gasteiger partial charge in [-0.05, 0) is 43.9 Å². The third-order valence-electron chi connectivity index (χ3n) is 5.53. The summed E-state index contributed by atoms with van der Waals surface area (Å²) >= 11 is 0. The van der Waals surface area contributed by atoms with Gasteiger partial charge in [-0.1, -0.05) is 19.3 Å². The van der Waals surface area contributed by atoms with Gasteiger partial charge in [0.2, 0.25) is 0 Å². The number of amides is 1. The highest BCUT2D eigenvalue weighted by Gasteiger charge is 2.40. The van der Waals surface area contributed by atoms with Gasteiger partial charge in [-0.15, -0.1) is 12.4 Å². The van der Waals surface area contributed by atoms with Gasteiger partial charge in [0.25, 0.3) is 5.91 Å². The predicted molar refractivity (Wildman–Crippen MR) is 85.5 cm³/mol. The van der Waals surface area contributed by atoms with Crippen LogP contribution in [-0.2, 0) is 9.53 Å². The molecule has 122 valence electrons. The summed E-state index contributed by atoms with van der Waals surface area (Å²) in [6, 6.07) is 0. The Labute approximate surface area is 134 Å². The molecule has 0 radical (unpaired) electrons. The van der Waals surface area contributed by atoms with Crippen molar-refractivity contribution < 1.29 is 9.53 Å². The van der Waals surface area contributed by atoms with Gasteiger partial charge in [-0.25, -0.2) is 0 Å². The number of carbonyl (C=O) groups excluding carboxylic acids is 1. The Morgan fingerprint density at radius 2 is 1.86 bits per heavy atom. The maximum atomic E-state index is 12.6. The number of piperidine rings is 1. The van der Waals surface area contributed by atoms with E-state index in [-0.39, 0.29) is 30.5 Å². The summed E-state index contributed by atoms with van der Waals surface area (Å²) in [5.41, 5.74) is 6.07. The van der Waals surface area contributed by atoms with E-state index in [1.165, 1.54) is 44.9 Å². The fourth-order valence-electron chi connectivity index (χ4n) is 4.37. The minimum atomic E-state index is -0.220. The summed E-state index contributed by atoms with van der Waals surface area (Å²) in [6.45, 7) is 2.43. The molecule has 4 nitrogen and oxygen atoms in total. The first-order valence-electron chi connectivity index (χ1n) is 8.37. The quantitative estimate of drug-likeness (QED) is 0.851. The molecule has 0 aromatic rings. The van der Waals surface area contributed by atoms with Crippen molar-refractivity contribution in [2.45, 2.75) is 70.0 Å². The number of carbonyl (C=O) groups is 1. The van der Waals surface area contributed by atoms with E-state index >= 15 is 0 Å². The molecule has 0 aromatic heterocycles. The van der Waals surface area contributed by atoms with Crippen LogP contribution in [0.3, 0.4) is 0 Å². The molecule has 3 fully saturated rings. The van der Waals surface area contributed by atoms with Crippen molar-refractivity contribution in [1.29, 1.82) is 0 Å². The van der Waals surface area contributed by atoms with E-state index < -0.39 is 0 Å². The molecule has 1 saturated carbocycles. The Morgan fingerprint density at radius 3 is 2.52 bits per heavy atom. The fraction of sp³-hybridized carbons (Fsp3) is 0.938. The number of nitrogens with two attached hydrogens (primary N) is 1. The zero-order chi connectivity index (χ0) is 14.0. The van der Waals surface area contributed by atoms with Gasteiger partial charge in [-0.2, -0.15) is 0 Å². The van der Waals surface area contributed by atoms with E-state index in [2.05, 4.69) is 4.90 Å². The van der Waals surface area contributed by atoms with Crippen LogP contribution >= 0.6 is 12.4 Å². The lowest BCUT2D eigenvalue weighted by molar-refractivity contribution is -0.147. The number of halogens is 1. The molecule has 0 bridgehead atoms. The van der Waals surface area contributed by atoms with Crippen LogP contribution in [-0.4, -0.2) is 42.6 Å². The predicted octanol–water partition coefficient (Wildman–Crippen LogP) is 2.49. The fourth-order valence-corrected chi connectivity index (χ4v) is 4.37. The summed E-state index contributed by atoms with van der Waals surface area (Å²) in [5, 5.41) is 0. The van der Waals surface area contributed by atoms with Crippen molar-refractivity contribution in [2.24, 2.45) is 11.1 Å². The number of ether oxygens (including phenoxy) is 1. The molecule has 2 N–H and O–H groups in total. The van der Waals surface area contributed by atoms with Crippen LogP contribution in [0.1, 0.15) is 57.8 Å². The molecule has 1 aliphatic carbocycles. The standard InChI is InChI=1S/C16H28N2O2.ClH/c17-11-13-5-6-14(20-13)15(19)18-10-4-9-16(12-18)7-2-1-3-8-16;/h13-14H,1-12,17H2;1H/t13-,14+;/m1./s1. The summed E-state index contributed by atoms with van der Waals surface area (Å²) < 4.78 is 5.79. The summed E-state index contributed by atoms with van der Waals surface area (Å²) in [7, 11) is 0. The van der Waals surface area contributed by atoms with Gasteiger partial charge in [0.1, 0.15) is 6.10 Å². The highest BCUT2D eigenvalue weighted by molar-refractivity contribution is 5.85. The lowest BCUT2D eigenvalue weighted by Crippen LogP contribution is -2.50. The van der Waals surface area contributed by atoms with Crippen LogP contribution in [0.15, 0.2) is 0 Å². The van der Waals surface area contributed by atoms with Gasteiger partial charge in [0.05, 0.1) is 6.10 Å². The largest absolute Gasteiger partial charge is 0.364 e. The van der Waals surface area contributed by atoms with E-state index in [1.807, 2.05) is 0 Å². The number of rotatable bonds is 2. The van der Waals surface area contributed by atoms with Crippen LogP contribution in [0.5, 0.6) is 0 Å². The molecule has 21 heavy (non-hydrogen) atoms. The van der Waals surface area contributed by atoms with E-state index in [0.717, 1.165) is 25.9 Å². The first-order chi connectivity index (χ1) is 9.72. The third kappa shape index (κ3) is 3.72.